The Morgan fingerprint density at radius 1 is 1.24 bits per heavy atom. The fraction of sp³-hybridized carbons (Fsp3) is 0.667. The molecule has 0 aromatic heterocycles. The van der Waals surface area contributed by atoms with Crippen LogP contribution in [-0.4, -0.2) is 44.2 Å². The number of anilines is 1. The maximum Gasteiger partial charge on any atom is 0.0415 e. The van der Waals surface area contributed by atoms with Crippen molar-refractivity contribution in [3.05, 3.63) is 29.8 Å². The summed E-state index contributed by atoms with van der Waals surface area (Å²) in [7, 11) is 2.06. The number of likely N-dealkylation sites (N-methyl/N-ethyl adjacent to an activating group) is 1. The van der Waals surface area contributed by atoms with Crippen molar-refractivity contribution in [1.29, 1.82) is 0 Å². The summed E-state index contributed by atoms with van der Waals surface area (Å²) in [5.74, 6) is 0. The van der Waals surface area contributed by atoms with Gasteiger partial charge in [-0.2, -0.15) is 0 Å². The van der Waals surface area contributed by atoms with Crippen LogP contribution in [-0.2, 0) is 0 Å². The summed E-state index contributed by atoms with van der Waals surface area (Å²) in [6.45, 7) is 11.5. The lowest BCUT2D eigenvalue weighted by atomic mass is 10.0. The Balaban J connectivity index is 2.16. The molecule has 0 amide bonds. The zero-order valence-electron chi connectivity index (χ0n) is 14.1. The van der Waals surface area contributed by atoms with Crippen molar-refractivity contribution in [1.82, 2.24) is 10.2 Å². The van der Waals surface area contributed by atoms with Crippen LogP contribution in [0.3, 0.4) is 0 Å². The highest BCUT2D eigenvalue weighted by atomic mass is 15.3. The maximum absolute atomic E-state index is 3.45. The van der Waals surface area contributed by atoms with E-state index in [4.69, 9.17) is 0 Å². The van der Waals surface area contributed by atoms with E-state index in [1.807, 2.05) is 0 Å². The van der Waals surface area contributed by atoms with E-state index in [9.17, 15) is 0 Å². The Kier molecular flexibility index (Phi) is 6.07. The van der Waals surface area contributed by atoms with Gasteiger partial charge in [0.2, 0.25) is 0 Å². The molecule has 1 N–H and O–H groups in total. The third kappa shape index (κ3) is 3.58. The largest absolute Gasteiger partial charge is 0.370 e. The molecule has 1 fully saturated rings. The molecule has 0 saturated carbocycles. The first kappa shape index (κ1) is 16.3. The first-order chi connectivity index (χ1) is 10.2. The van der Waals surface area contributed by atoms with Gasteiger partial charge in [-0.15, -0.1) is 0 Å². The fourth-order valence-corrected chi connectivity index (χ4v) is 3.65. The quantitative estimate of drug-likeness (QED) is 0.831. The van der Waals surface area contributed by atoms with E-state index in [2.05, 4.69) is 67.2 Å². The summed E-state index contributed by atoms with van der Waals surface area (Å²) in [5, 5.41) is 3.45. The topological polar surface area (TPSA) is 18.5 Å². The van der Waals surface area contributed by atoms with Crippen molar-refractivity contribution in [2.45, 2.75) is 45.7 Å². The zero-order chi connectivity index (χ0) is 15.2. The minimum atomic E-state index is 0.453. The summed E-state index contributed by atoms with van der Waals surface area (Å²) < 4.78 is 0. The number of rotatable bonds is 7. The minimum absolute atomic E-state index is 0.453. The molecule has 0 aliphatic carbocycles. The molecule has 1 saturated heterocycles. The molecule has 1 aromatic carbocycles. The van der Waals surface area contributed by atoms with Crippen LogP contribution in [0.4, 0.5) is 5.69 Å². The van der Waals surface area contributed by atoms with Gasteiger partial charge in [-0.25, -0.2) is 0 Å². The highest BCUT2D eigenvalue weighted by Gasteiger charge is 2.28. The van der Waals surface area contributed by atoms with E-state index < -0.39 is 0 Å². The second kappa shape index (κ2) is 7.81. The predicted molar refractivity (Wildman–Crippen MR) is 92.1 cm³/mol. The van der Waals surface area contributed by atoms with Crippen molar-refractivity contribution in [2.75, 3.05) is 38.1 Å². The monoisotopic (exact) mass is 289 g/mol. The van der Waals surface area contributed by atoms with Crippen molar-refractivity contribution < 1.29 is 0 Å². The molecule has 2 unspecified atom stereocenters. The number of nitrogens with zero attached hydrogens (tertiary/aromatic N) is 2. The number of benzene rings is 1. The van der Waals surface area contributed by atoms with Gasteiger partial charge in [0.05, 0.1) is 0 Å². The first-order valence-corrected chi connectivity index (χ1v) is 8.50. The van der Waals surface area contributed by atoms with Gasteiger partial charge < -0.3 is 10.2 Å². The normalized spacial score (nSPS) is 20.2. The lowest BCUT2D eigenvalue weighted by molar-refractivity contribution is 0.232. The second-order valence-corrected chi connectivity index (χ2v) is 5.92. The van der Waals surface area contributed by atoms with E-state index in [1.165, 1.54) is 30.8 Å². The predicted octanol–water partition coefficient (Wildman–Crippen LogP) is 3.28. The van der Waals surface area contributed by atoms with Gasteiger partial charge in [-0.3, -0.25) is 4.90 Å². The average Bonchev–Trinajstić information content (AvgIpc) is 3.00. The van der Waals surface area contributed by atoms with Gasteiger partial charge in [-0.1, -0.05) is 39.0 Å². The zero-order valence-corrected chi connectivity index (χ0v) is 14.1. The Bertz CT molecular complexity index is 424. The van der Waals surface area contributed by atoms with Crippen molar-refractivity contribution in [3.8, 4) is 0 Å². The number of hydrogen-bond donors (Lipinski definition) is 1. The molecule has 0 spiro atoms. The number of nitrogens with one attached hydrogen (secondary N) is 1. The van der Waals surface area contributed by atoms with E-state index in [1.54, 1.807) is 0 Å². The Hall–Kier alpha value is -1.06. The SMILES string of the molecule is CCC(NC)c1ccccc1N1CCC(N(CC)CC)C1. The fourth-order valence-electron chi connectivity index (χ4n) is 3.65. The average molecular weight is 289 g/mol. The molecule has 1 heterocycles. The molecular weight excluding hydrogens is 258 g/mol. The van der Waals surface area contributed by atoms with E-state index in [0.717, 1.165) is 19.5 Å². The molecular formula is C18H31N3. The Labute approximate surface area is 130 Å². The van der Waals surface area contributed by atoms with Gasteiger partial charge in [0.1, 0.15) is 0 Å². The van der Waals surface area contributed by atoms with Gasteiger partial charge in [0, 0.05) is 30.9 Å². The summed E-state index contributed by atoms with van der Waals surface area (Å²) in [6.07, 6.45) is 2.41. The van der Waals surface area contributed by atoms with E-state index in [0.29, 0.717) is 12.1 Å². The molecule has 2 atom stereocenters. The van der Waals surface area contributed by atoms with Crippen LogP contribution in [0.25, 0.3) is 0 Å². The molecule has 0 radical (unpaired) electrons. The summed E-state index contributed by atoms with van der Waals surface area (Å²) in [6, 6.07) is 10.1. The smallest absolute Gasteiger partial charge is 0.0415 e. The lowest BCUT2D eigenvalue weighted by Crippen LogP contribution is -2.37. The van der Waals surface area contributed by atoms with Crippen LogP contribution < -0.4 is 10.2 Å². The van der Waals surface area contributed by atoms with Crippen LogP contribution >= 0.6 is 0 Å². The van der Waals surface area contributed by atoms with Crippen LogP contribution in [0.5, 0.6) is 0 Å². The van der Waals surface area contributed by atoms with Gasteiger partial charge in [0.25, 0.3) is 0 Å². The highest BCUT2D eigenvalue weighted by Crippen LogP contribution is 2.31. The van der Waals surface area contributed by atoms with E-state index >= 15 is 0 Å². The van der Waals surface area contributed by atoms with Gasteiger partial charge in [-0.05, 0) is 44.6 Å². The summed E-state index contributed by atoms with van der Waals surface area (Å²) in [5.41, 5.74) is 2.87. The minimum Gasteiger partial charge on any atom is -0.370 e. The van der Waals surface area contributed by atoms with Crippen molar-refractivity contribution in [3.63, 3.8) is 0 Å². The molecule has 21 heavy (non-hydrogen) atoms. The molecule has 118 valence electrons. The molecule has 1 aliphatic rings. The highest BCUT2D eigenvalue weighted by molar-refractivity contribution is 5.56. The number of hydrogen-bond acceptors (Lipinski definition) is 3. The standard InChI is InChI=1S/C18H31N3/c1-5-17(19-4)16-10-8-9-11-18(16)21-13-12-15(14-21)20(6-2)7-3/h8-11,15,17,19H,5-7,12-14H2,1-4H3. The molecule has 2 rings (SSSR count). The summed E-state index contributed by atoms with van der Waals surface area (Å²) >= 11 is 0. The van der Waals surface area contributed by atoms with Crippen LogP contribution in [0, 0.1) is 0 Å². The molecule has 1 aliphatic heterocycles. The molecule has 1 aromatic rings. The third-order valence-electron chi connectivity index (χ3n) is 4.90. The lowest BCUT2D eigenvalue weighted by Gasteiger charge is -2.28. The van der Waals surface area contributed by atoms with Crippen LogP contribution in [0.1, 0.15) is 45.2 Å². The van der Waals surface area contributed by atoms with Gasteiger partial charge >= 0.3 is 0 Å². The number of para-hydroxylation sites is 1. The third-order valence-corrected chi connectivity index (χ3v) is 4.90. The Morgan fingerprint density at radius 2 is 1.95 bits per heavy atom. The van der Waals surface area contributed by atoms with Crippen molar-refractivity contribution >= 4 is 5.69 Å². The maximum atomic E-state index is 3.45. The molecule has 3 heteroatoms. The van der Waals surface area contributed by atoms with E-state index in [-0.39, 0.29) is 0 Å². The molecule has 0 bridgehead atoms. The first-order valence-electron chi connectivity index (χ1n) is 8.50. The van der Waals surface area contributed by atoms with Crippen molar-refractivity contribution in [2.24, 2.45) is 0 Å². The Morgan fingerprint density at radius 3 is 2.57 bits per heavy atom. The van der Waals surface area contributed by atoms with Crippen LogP contribution in [0.15, 0.2) is 24.3 Å². The van der Waals surface area contributed by atoms with Gasteiger partial charge in [0.15, 0.2) is 0 Å². The summed E-state index contributed by atoms with van der Waals surface area (Å²) in [4.78, 5) is 5.18. The molecule has 3 nitrogen and oxygen atoms in total. The second-order valence-electron chi connectivity index (χ2n) is 5.92. The van der Waals surface area contributed by atoms with Crippen LogP contribution in [0.2, 0.25) is 0 Å².